The van der Waals surface area contributed by atoms with Crippen LogP contribution in [0.4, 0.5) is 0 Å². The molecule has 0 aliphatic heterocycles. The van der Waals surface area contributed by atoms with Gasteiger partial charge in [-0.25, -0.2) is 0 Å². The van der Waals surface area contributed by atoms with Crippen LogP contribution in [0.3, 0.4) is 0 Å². The lowest BCUT2D eigenvalue weighted by molar-refractivity contribution is 0.200. The van der Waals surface area contributed by atoms with Crippen LogP contribution < -0.4 is 10.5 Å². The summed E-state index contributed by atoms with van der Waals surface area (Å²) in [5.74, 6) is 1.64. The van der Waals surface area contributed by atoms with Crippen molar-refractivity contribution in [2.24, 2.45) is 11.7 Å². The lowest BCUT2D eigenvalue weighted by Crippen LogP contribution is -2.28. The molecule has 0 heterocycles. The van der Waals surface area contributed by atoms with E-state index in [2.05, 4.69) is 15.9 Å². The highest BCUT2D eigenvalue weighted by atomic mass is 79.9. The average molecular weight is 321 g/mol. The molecular formula is C13H19BrClNO. The van der Waals surface area contributed by atoms with E-state index < -0.39 is 0 Å². The zero-order valence-electron chi connectivity index (χ0n) is 9.77. The summed E-state index contributed by atoms with van der Waals surface area (Å²) in [6.45, 7) is 0.828. The maximum atomic E-state index is 5.87. The molecule has 4 heteroatoms. The molecule has 0 spiro atoms. The maximum Gasteiger partial charge on any atom is 0.119 e. The summed E-state index contributed by atoms with van der Waals surface area (Å²) in [4.78, 5) is 0. The van der Waals surface area contributed by atoms with Gasteiger partial charge in [0.2, 0.25) is 0 Å². The second kappa shape index (κ2) is 7.24. The Hall–Kier alpha value is -0.250. The first-order chi connectivity index (χ1) is 7.74. The summed E-state index contributed by atoms with van der Waals surface area (Å²) in [7, 11) is 0. The van der Waals surface area contributed by atoms with Crippen LogP contribution in [0.2, 0.25) is 0 Å². The van der Waals surface area contributed by atoms with Crippen LogP contribution >= 0.6 is 28.3 Å². The Labute approximate surface area is 117 Å². The summed E-state index contributed by atoms with van der Waals surface area (Å²) in [6, 6.07) is 8.43. The zero-order chi connectivity index (χ0) is 11.4. The number of rotatable bonds is 3. The van der Waals surface area contributed by atoms with Gasteiger partial charge < -0.3 is 10.5 Å². The third kappa shape index (κ3) is 4.86. The number of hydrogen-bond acceptors (Lipinski definition) is 2. The van der Waals surface area contributed by atoms with E-state index in [9.17, 15) is 0 Å². The zero-order valence-corrected chi connectivity index (χ0v) is 12.2. The molecule has 0 aromatic heterocycles. The Kier molecular flexibility index (Phi) is 6.31. The molecule has 0 radical (unpaired) electrons. The maximum absolute atomic E-state index is 5.87. The lowest BCUT2D eigenvalue weighted by atomic mass is 9.87. The van der Waals surface area contributed by atoms with Gasteiger partial charge in [0.1, 0.15) is 5.75 Å². The Morgan fingerprint density at radius 2 is 1.71 bits per heavy atom. The first kappa shape index (κ1) is 14.8. The molecule has 0 atom stereocenters. The SMILES string of the molecule is Cl.NC1CCC(COc2ccc(Br)cc2)CC1. The van der Waals surface area contributed by atoms with Crippen molar-refractivity contribution in [1.29, 1.82) is 0 Å². The molecule has 17 heavy (non-hydrogen) atoms. The predicted molar refractivity (Wildman–Crippen MR) is 76.8 cm³/mol. The van der Waals surface area contributed by atoms with Crippen LogP contribution in [0.25, 0.3) is 0 Å². The van der Waals surface area contributed by atoms with E-state index in [0.717, 1.165) is 29.7 Å². The summed E-state index contributed by atoms with van der Waals surface area (Å²) in [5, 5.41) is 0. The number of ether oxygens (including phenoxy) is 1. The van der Waals surface area contributed by atoms with E-state index in [1.165, 1.54) is 12.8 Å². The highest BCUT2D eigenvalue weighted by molar-refractivity contribution is 9.10. The molecule has 2 nitrogen and oxygen atoms in total. The van der Waals surface area contributed by atoms with Crippen molar-refractivity contribution in [2.45, 2.75) is 31.7 Å². The van der Waals surface area contributed by atoms with Crippen LogP contribution in [0, 0.1) is 5.92 Å². The topological polar surface area (TPSA) is 35.2 Å². The Morgan fingerprint density at radius 1 is 1.12 bits per heavy atom. The molecule has 0 unspecified atom stereocenters. The highest BCUT2D eigenvalue weighted by Crippen LogP contribution is 2.24. The first-order valence-corrected chi connectivity index (χ1v) is 6.67. The minimum absolute atomic E-state index is 0. The van der Waals surface area contributed by atoms with E-state index in [4.69, 9.17) is 10.5 Å². The largest absolute Gasteiger partial charge is 0.493 e. The summed E-state index contributed by atoms with van der Waals surface area (Å²) >= 11 is 3.41. The van der Waals surface area contributed by atoms with Crippen molar-refractivity contribution >= 4 is 28.3 Å². The molecule has 2 N–H and O–H groups in total. The van der Waals surface area contributed by atoms with Gasteiger partial charge in [-0.05, 0) is 55.9 Å². The van der Waals surface area contributed by atoms with Crippen molar-refractivity contribution in [3.63, 3.8) is 0 Å². The monoisotopic (exact) mass is 319 g/mol. The highest BCUT2D eigenvalue weighted by Gasteiger charge is 2.18. The van der Waals surface area contributed by atoms with Gasteiger partial charge in [0.15, 0.2) is 0 Å². The van der Waals surface area contributed by atoms with Crippen LogP contribution in [-0.2, 0) is 0 Å². The van der Waals surface area contributed by atoms with Gasteiger partial charge in [0, 0.05) is 10.5 Å². The molecule has 96 valence electrons. The number of hydrogen-bond donors (Lipinski definition) is 1. The molecule has 1 fully saturated rings. The number of benzene rings is 1. The molecule has 0 bridgehead atoms. The Morgan fingerprint density at radius 3 is 2.29 bits per heavy atom. The summed E-state index contributed by atoms with van der Waals surface area (Å²) in [5.41, 5.74) is 5.87. The summed E-state index contributed by atoms with van der Waals surface area (Å²) in [6.07, 6.45) is 4.71. The van der Waals surface area contributed by atoms with Crippen molar-refractivity contribution in [1.82, 2.24) is 0 Å². The van der Waals surface area contributed by atoms with Crippen molar-refractivity contribution in [2.75, 3.05) is 6.61 Å². The minimum Gasteiger partial charge on any atom is -0.493 e. The third-order valence-corrected chi connectivity index (χ3v) is 3.72. The molecule has 2 rings (SSSR count). The van der Waals surface area contributed by atoms with Crippen molar-refractivity contribution in [3.8, 4) is 5.75 Å². The second-order valence-electron chi connectivity index (χ2n) is 4.55. The fraction of sp³-hybridized carbons (Fsp3) is 0.538. The summed E-state index contributed by atoms with van der Waals surface area (Å²) < 4.78 is 6.86. The Balaban J connectivity index is 0.00000144. The van der Waals surface area contributed by atoms with Gasteiger partial charge in [-0.3, -0.25) is 0 Å². The number of nitrogens with two attached hydrogens (primary N) is 1. The minimum atomic E-state index is 0. The second-order valence-corrected chi connectivity index (χ2v) is 5.46. The van der Waals surface area contributed by atoms with Gasteiger partial charge in [0.25, 0.3) is 0 Å². The van der Waals surface area contributed by atoms with E-state index >= 15 is 0 Å². The molecule has 1 aromatic rings. The fourth-order valence-corrected chi connectivity index (χ4v) is 2.36. The quantitative estimate of drug-likeness (QED) is 0.920. The van der Waals surface area contributed by atoms with E-state index in [0.29, 0.717) is 12.0 Å². The van der Waals surface area contributed by atoms with E-state index in [1.54, 1.807) is 0 Å². The predicted octanol–water partition coefficient (Wildman–Crippen LogP) is 3.77. The standard InChI is InChI=1S/C13H18BrNO.ClH/c14-11-3-7-13(8-4-11)16-9-10-1-5-12(15)6-2-10;/h3-4,7-8,10,12H,1-2,5-6,9,15H2;1H. The Bertz CT molecular complexity index is 323. The lowest BCUT2D eigenvalue weighted by Gasteiger charge is -2.25. The third-order valence-electron chi connectivity index (χ3n) is 3.19. The van der Waals surface area contributed by atoms with E-state index in [1.807, 2.05) is 24.3 Å². The van der Waals surface area contributed by atoms with Crippen LogP contribution in [0.15, 0.2) is 28.7 Å². The number of halogens is 2. The normalized spacial score (nSPS) is 23.9. The molecule has 0 amide bonds. The molecule has 0 saturated heterocycles. The molecule has 1 aliphatic carbocycles. The fourth-order valence-electron chi connectivity index (χ4n) is 2.10. The van der Waals surface area contributed by atoms with Crippen LogP contribution in [0.1, 0.15) is 25.7 Å². The van der Waals surface area contributed by atoms with Gasteiger partial charge in [0.05, 0.1) is 6.61 Å². The van der Waals surface area contributed by atoms with E-state index in [-0.39, 0.29) is 12.4 Å². The van der Waals surface area contributed by atoms with Crippen molar-refractivity contribution in [3.05, 3.63) is 28.7 Å². The molecular weight excluding hydrogens is 302 g/mol. The van der Waals surface area contributed by atoms with Crippen molar-refractivity contribution < 1.29 is 4.74 Å². The molecule has 1 saturated carbocycles. The van der Waals surface area contributed by atoms with Gasteiger partial charge in [-0.15, -0.1) is 12.4 Å². The van der Waals surface area contributed by atoms with Crippen LogP contribution in [0.5, 0.6) is 5.75 Å². The van der Waals surface area contributed by atoms with Crippen LogP contribution in [-0.4, -0.2) is 12.6 Å². The molecule has 1 aliphatic rings. The van der Waals surface area contributed by atoms with Gasteiger partial charge in [-0.2, -0.15) is 0 Å². The van der Waals surface area contributed by atoms with Gasteiger partial charge >= 0.3 is 0 Å². The smallest absolute Gasteiger partial charge is 0.119 e. The first-order valence-electron chi connectivity index (χ1n) is 5.88. The molecule has 1 aromatic carbocycles. The van der Waals surface area contributed by atoms with Gasteiger partial charge in [-0.1, -0.05) is 15.9 Å². The average Bonchev–Trinajstić information content (AvgIpc) is 2.30.